The van der Waals surface area contributed by atoms with Gasteiger partial charge in [0.2, 0.25) is 0 Å². The number of benzene rings is 2. The summed E-state index contributed by atoms with van der Waals surface area (Å²) in [6.45, 7) is 4.78. The smallest absolute Gasteiger partial charge is 0.337 e. The fraction of sp³-hybridized carbons (Fsp3) is 0.269. The number of esters is 1. The number of methoxy groups -OCH3 is 1. The summed E-state index contributed by atoms with van der Waals surface area (Å²) >= 11 is 0. The van der Waals surface area contributed by atoms with Gasteiger partial charge in [0, 0.05) is 24.2 Å². The van der Waals surface area contributed by atoms with E-state index in [-0.39, 0.29) is 11.9 Å². The number of anilines is 1. The second kappa shape index (κ2) is 9.22. The van der Waals surface area contributed by atoms with Crippen molar-refractivity contribution in [3.8, 4) is 0 Å². The summed E-state index contributed by atoms with van der Waals surface area (Å²) in [6.07, 6.45) is 6.73. The molecule has 4 rings (SSSR count). The number of imidazole rings is 1. The van der Waals surface area contributed by atoms with Gasteiger partial charge < -0.3 is 14.6 Å². The first-order valence-corrected chi connectivity index (χ1v) is 10.9. The fourth-order valence-electron chi connectivity index (χ4n) is 3.90. The van der Waals surface area contributed by atoms with Crippen molar-refractivity contribution in [2.45, 2.75) is 39.7 Å². The van der Waals surface area contributed by atoms with E-state index in [4.69, 9.17) is 4.74 Å². The Kier molecular flexibility index (Phi) is 6.21. The minimum atomic E-state index is -0.352. The van der Waals surface area contributed by atoms with Gasteiger partial charge in [0.1, 0.15) is 5.82 Å². The zero-order valence-electron chi connectivity index (χ0n) is 18.6. The number of rotatable bonds is 7. The van der Waals surface area contributed by atoms with Crippen LogP contribution in [0.15, 0.2) is 48.7 Å². The van der Waals surface area contributed by atoms with Gasteiger partial charge in [0.05, 0.1) is 30.1 Å². The molecule has 6 heteroatoms. The van der Waals surface area contributed by atoms with Crippen molar-refractivity contribution in [2.75, 3.05) is 12.4 Å². The number of carbonyl (C=O) groups excluding carboxylic acids is 2. The van der Waals surface area contributed by atoms with Crippen molar-refractivity contribution in [3.63, 3.8) is 0 Å². The average Bonchev–Trinajstić information content (AvgIpc) is 3.32. The first-order chi connectivity index (χ1) is 15.5. The number of aromatic nitrogens is 2. The van der Waals surface area contributed by atoms with Gasteiger partial charge >= 0.3 is 5.97 Å². The molecule has 1 aliphatic rings. The highest BCUT2D eigenvalue weighted by atomic mass is 16.5. The Balaban J connectivity index is 1.71. The normalized spacial score (nSPS) is 13.8. The van der Waals surface area contributed by atoms with E-state index in [1.807, 2.05) is 49.5 Å². The van der Waals surface area contributed by atoms with E-state index in [0.29, 0.717) is 17.7 Å². The standard InChI is InChI=1S/C26H27N3O3/c1-4-5-6-24-27-15-20(14-22-21-13-17(2)7-12-23(21)28-25(22)30)29(24)16-18-8-10-19(11-9-18)26(31)32-3/h7-15H,4-6,16H2,1-3H3,(H,28,30). The number of carbonyl (C=O) groups is 2. The van der Waals surface area contributed by atoms with Crippen molar-refractivity contribution in [3.05, 3.63) is 82.4 Å². The van der Waals surface area contributed by atoms with Crippen LogP contribution in [0.2, 0.25) is 0 Å². The van der Waals surface area contributed by atoms with E-state index in [2.05, 4.69) is 21.8 Å². The maximum absolute atomic E-state index is 12.7. The molecule has 32 heavy (non-hydrogen) atoms. The number of fused-ring (bicyclic) bond motifs is 1. The molecule has 0 unspecified atom stereocenters. The first-order valence-electron chi connectivity index (χ1n) is 10.9. The Morgan fingerprint density at radius 3 is 2.69 bits per heavy atom. The molecule has 0 saturated heterocycles. The van der Waals surface area contributed by atoms with Gasteiger partial charge in [-0.2, -0.15) is 0 Å². The number of nitrogens with zero attached hydrogens (tertiary/aromatic N) is 2. The predicted molar refractivity (Wildman–Crippen MR) is 125 cm³/mol. The molecule has 6 nitrogen and oxygen atoms in total. The molecule has 0 atom stereocenters. The van der Waals surface area contributed by atoms with E-state index in [1.54, 1.807) is 12.1 Å². The quantitative estimate of drug-likeness (QED) is 0.430. The molecule has 0 saturated carbocycles. The summed E-state index contributed by atoms with van der Waals surface area (Å²) in [5, 5.41) is 2.95. The Labute approximate surface area is 187 Å². The molecule has 1 N–H and O–H groups in total. The number of aryl methyl sites for hydroxylation is 2. The zero-order chi connectivity index (χ0) is 22.7. The highest BCUT2D eigenvalue weighted by molar-refractivity contribution is 6.34. The lowest BCUT2D eigenvalue weighted by molar-refractivity contribution is -0.110. The summed E-state index contributed by atoms with van der Waals surface area (Å²) in [7, 11) is 1.38. The van der Waals surface area contributed by atoms with E-state index in [0.717, 1.165) is 53.2 Å². The van der Waals surface area contributed by atoms with Crippen molar-refractivity contribution in [1.82, 2.24) is 9.55 Å². The van der Waals surface area contributed by atoms with E-state index >= 15 is 0 Å². The third-order valence-corrected chi connectivity index (χ3v) is 5.69. The third kappa shape index (κ3) is 4.35. The van der Waals surface area contributed by atoms with Gasteiger partial charge in [0.15, 0.2) is 0 Å². The van der Waals surface area contributed by atoms with Crippen molar-refractivity contribution < 1.29 is 14.3 Å². The van der Waals surface area contributed by atoms with Gasteiger partial charge in [-0.1, -0.05) is 37.1 Å². The molecule has 1 amide bonds. The van der Waals surface area contributed by atoms with Gasteiger partial charge in [-0.25, -0.2) is 9.78 Å². The minimum Gasteiger partial charge on any atom is -0.465 e. The SMILES string of the molecule is CCCCc1ncc(C=C2C(=O)Nc3ccc(C)cc32)n1Cc1ccc(C(=O)OC)cc1. The fourth-order valence-corrected chi connectivity index (χ4v) is 3.90. The highest BCUT2D eigenvalue weighted by Crippen LogP contribution is 2.34. The van der Waals surface area contributed by atoms with Crippen LogP contribution in [-0.2, 0) is 22.5 Å². The number of ether oxygens (including phenoxy) is 1. The largest absolute Gasteiger partial charge is 0.465 e. The Bertz CT molecular complexity index is 1190. The number of unbranched alkanes of at least 4 members (excludes halogenated alkanes) is 1. The summed E-state index contributed by atoms with van der Waals surface area (Å²) in [6, 6.07) is 13.4. The maximum Gasteiger partial charge on any atom is 0.337 e. The Morgan fingerprint density at radius 1 is 1.19 bits per heavy atom. The van der Waals surface area contributed by atoms with Crippen LogP contribution in [0.3, 0.4) is 0 Å². The molecule has 0 aliphatic carbocycles. The van der Waals surface area contributed by atoms with Crippen LogP contribution >= 0.6 is 0 Å². The topological polar surface area (TPSA) is 73.2 Å². The molecule has 0 radical (unpaired) electrons. The van der Waals surface area contributed by atoms with Gasteiger partial charge in [-0.05, 0) is 49.2 Å². The number of nitrogens with one attached hydrogen (secondary N) is 1. The van der Waals surface area contributed by atoms with Crippen LogP contribution in [0.5, 0.6) is 0 Å². The summed E-state index contributed by atoms with van der Waals surface area (Å²) in [4.78, 5) is 29.1. The average molecular weight is 430 g/mol. The van der Waals surface area contributed by atoms with Crippen LogP contribution in [0.1, 0.15) is 58.3 Å². The zero-order valence-corrected chi connectivity index (χ0v) is 18.6. The number of hydrogen-bond donors (Lipinski definition) is 1. The van der Waals surface area contributed by atoms with Crippen molar-refractivity contribution in [2.24, 2.45) is 0 Å². The molecule has 1 aromatic heterocycles. The predicted octanol–water partition coefficient (Wildman–Crippen LogP) is 4.86. The van der Waals surface area contributed by atoms with Crippen LogP contribution < -0.4 is 5.32 Å². The first kappa shape index (κ1) is 21.6. The van der Waals surface area contributed by atoms with E-state index < -0.39 is 0 Å². The third-order valence-electron chi connectivity index (χ3n) is 5.69. The minimum absolute atomic E-state index is 0.101. The van der Waals surface area contributed by atoms with Crippen LogP contribution in [-0.4, -0.2) is 28.5 Å². The van der Waals surface area contributed by atoms with Crippen LogP contribution in [0, 0.1) is 6.92 Å². The van der Waals surface area contributed by atoms with E-state index in [1.165, 1.54) is 7.11 Å². The second-order valence-corrected chi connectivity index (χ2v) is 8.04. The van der Waals surface area contributed by atoms with E-state index in [9.17, 15) is 9.59 Å². The lowest BCUT2D eigenvalue weighted by Gasteiger charge is -2.12. The van der Waals surface area contributed by atoms with Gasteiger partial charge in [0.25, 0.3) is 5.91 Å². The molecule has 3 aromatic rings. The number of hydrogen-bond acceptors (Lipinski definition) is 4. The Morgan fingerprint density at radius 2 is 1.97 bits per heavy atom. The maximum atomic E-state index is 12.7. The van der Waals surface area contributed by atoms with Crippen molar-refractivity contribution >= 4 is 29.2 Å². The Hall–Kier alpha value is -3.67. The lowest BCUT2D eigenvalue weighted by atomic mass is 10.0. The molecule has 2 aromatic carbocycles. The molecular formula is C26H27N3O3. The molecule has 0 spiro atoms. The summed E-state index contributed by atoms with van der Waals surface area (Å²) in [5.41, 5.74) is 5.95. The molecule has 164 valence electrons. The molecule has 2 heterocycles. The van der Waals surface area contributed by atoms with Gasteiger partial charge in [-0.15, -0.1) is 0 Å². The van der Waals surface area contributed by atoms with Crippen LogP contribution in [0.25, 0.3) is 11.6 Å². The lowest BCUT2D eigenvalue weighted by Crippen LogP contribution is -2.09. The summed E-state index contributed by atoms with van der Waals surface area (Å²) in [5.74, 6) is 0.531. The van der Waals surface area contributed by atoms with Gasteiger partial charge in [-0.3, -0.25) is 4.79 Å². The molecule has 0 bridgehead atoms. The summed E-state index contributed by atoms with van der Waals surface area (Å²) < 4.78 is 6.94. The monoisotopic (exact) mass is 429 g/mol. The van der Waals surface area contributed by atoms with Crippen LogP contribution in [0.4, 0.5) is 5.69 Å². The molecular weight excluding hydrogens is 402 g/mol. The highest BCUT2D eigenvalue weighted by Gasteiger charge is 2.25. The second-order valence-electron chi connectivity index (χ2n) is 8.04. The van der Waals surface area contributed by atoms with Crippen molar-refractivity contribution in [1.29, 1.82) is 0 Å². The molecule has 1 aliphatic heterocycles. The number of amides is 1. The molecule has 0 fully saturated rings.